The Labute approximate surface area is 118 Å². The average Bonchev–Trinajstić information content (AvgIpc) is 2.80. The zero-order valence-corrected chi connectivity index (χ0v) is 12.4. The Morgan fingerprint density at radius 3 is 2.58 bits per heavy atom. The lowest BCUT2D eigenvalue weighted by Gasteiger charge is -2.15. The van der Waals surface area contributed by atoms with E-state index in [9.17, 15) is 9.59 Å². The van der Waals surface area contributed by atoms with E-state index in [1.54, 1.807) is 13.1 Å². The van der Waals surface area contributed by atoms with Gasteiger partial charge >= 0.3 is 5.69 Å². The van der Waals surface area contributed by atoms with Gasteiger partial charge in [-0.15, -0.1) is 11.3 Å². The van der Waals surface area contributed by atoms with Gasteiger partial charge in [0.1, 0.15) is 10.2 Å². The molecule has 2 rings (SSSR count). The molecule has 0 aliphatic heterocycles. The zero-order valence-electron chi connectivity index (χ0n) is 10.8. The van der Waals surface area contributed by atoms with Crippen LogP contribution in [0.5, 0.6) is 0 Å². The number of nitrogens with zero attached hydrogens (tertiary/aromatic N) is 2. The molecule has 2 aromatic rings. The van der Waals surface area contributed by atoms with Crippen LogP contribution >= 0.6 is 22.9 Å². The third kappa shape index (κ3) is 2.50. The standard InChI is InChI=1S/C12H14ClN3O2S/c1-6(2)8-9(13)15-12(18)16(11(8)17)7(3)10-14-4-5-19-10/h4-7H,1-3H3,(H,15,18). The van der Waals surface area contributed by atoms with Crippen LogP contribution < -0.4 is 11.2 Å². The first-order chi connectivity index (χ1) is 8.93. The van der Waals surface area contributed by atoms with Crippen molar-refractivity contribution in [3.8, 4) is 0 Å². The highest BCUT2D eigenvalue weighted by Crippen LogP contribution is 2.20. The van der Waals surface area contributed by atoms with Crippen LogP contribution in [0, 0.1) is 0 Å². The monoisotopic (exact) mass is 299 g/mol. The number of H-pyrrole nitrogens is 1. The van der Waals surface area contributed by atoms with Crippen molar-refractivity contribution in [2.24, 2.45) is 0 Å². The number of hydrogen-bond acceptors (Lipinski definition) is 4. The van der Waals surface area contributed by atoms with Crippen molar-refractivity contribution in [1.82, 2.24) is 14.5 Å². The minimum atomic E-state index is -0.512. The number of rotatable bonds is 3. The molecule has 1 unspecified atom stereocenters. The van der Waals surface area contributed by atoms with Gasteiger partial charge < -0.3 is 0 Å². The van der Waals surface area contributed by atoms with E-state index in [-0.39, 0.29) is 16.6 Å². The van der Waals surface area contributed by atoms with E-state index in [4.69, 9.17) is 11.6 Å². The van der Waals surface area contributed by atoms with Crippen LogP contribution in [0.4, 0.5) is 0 Å². The maximum atomic E-state index is 12.4. The van der Waals surface area contributed by atoms with Crippen LogP contribution in [-0.2, 0) is 0 Å². The van der Waals surface area contributed by atoms with E-state index in [1.807, 2.05) is 19.2 Å². The number of aromatic nitrogens is 3. The maximum Gasteiger partial charge on any atom is 0.330 e. The molecular formula is C12H14ClN3O2S. The summed E-state index contributed by atoms with van der Waals surface area (Å²) in [4.78, 5) is 31.1. The summed E-state index contributed by atoms with van der Waals surface area (Å²) in [7, 11) is 0. The summed E-state index contributed by atoms with van der Waals surface area (Å²) in [5, 5.41) is 2.64. The number of aromatic amines is 1. The number of nitrogens with one attached hydrogen (secondary N) is 1. The summed E-state index contributed by atoms with van der Waals surface area (Å²) < 4.78 is 1.17. The Hall–Kier alpha value is -1.40. The van der Waals surface area contributed by atoms with E-state index in [0.29, 0.717) is 10.6 Å². The summed E-state index contributed by atoms with van der Waals surface area (Å²) in [5.74, 6) is -0.0633. The molecule has 0 saturated heterocycles. The molecule has 5 nitrogen and oxygen atoms in total. The van der Waals surface area contributed by atoms with E-state index < -0.39 is 11.7 Å². The molecule has 0 aliphatic rings. The second-order valence-electron chi connectivity index (χ2n) is 4.53. The Kier molecular flexibility index (Phi) is 3.91. The summed E-state index contributed by atoms with van der Waals surface area (Å²) in [6, 6.07) is -0.411. The van der Waals surface area contributed by atoms with Crippen LogP contribution in [-0.4, -0.2) is 14.5 Å². The molecule has 2 heterocycles. The van der Waals surface area contributed by atoms with Crippen LogP contribution in [0.1, 0.15) is 43.3 Å². The fourth-order valence-corrected chi connectivity index (χ4v) is 3.01. The van der Waals surface area contributed by atoms with Gasteiger partial charge in [-0.25, -0.2) is 9.78 Å². The molecule has 0 aromatic carbocycles. The van der Waals surface area contributed by atoms with Gasteiger partial charge in [0.25, 0.3) is 5.56 Å². The van der Waals surface area contributed by atoms with Crippen LogP contribution in [0.25, 0.3) is 0 Å². The normalized spacial score (nSPS) is 12.9. The van der Waals surface area contributed by atoms with Gasteiger partial charge in [0.15, 0.2) is 0 Å². The molecule has 1 N–H and O–H groups in total. The van der Waals surface area contributed by atoms with Gasteiger partial charge in [0, 0.05) is 11.6 Å². The Morgan fingerprint density at radius 1 is 1.37 bits per heavy atom. The van der Waals surface area contributed by atoms with Crippen molar-refractivity contribution in [2.45, 2.75) is 32.7 Å². The molecule has 1 atom stereocenters. The third-order valence-electron chi connectivity index (χ3n) is 2.89. The van der Waals surface area contributed by atoms with E-state index in [1.165, 1.54) is 15.9 Å². The summed E-state index contributed by atoms with van der Waals surface area (Å²) in [5.41, 5.74) is -0.446. The summed E-state index contributed by atoms with van der Waals surface area (Å²) >= 11 is 7.35. The highest BCUT2D eigenvalue weighted by Gasteiger charge is 2.21. The molecule has 7 heteroatoms. The van der Waals surface area contributed by atoms with Crippen molar-refractivity contribution in [3.05, 3.63) is 48.1 Å². The van der Waals surface area contributed by atoms with Crippen molar-refractivity contribution >= 4 is 22.9 Å². The van der Waals surface area contributed by atoms with Gasteiger partial charge in [-0.2, -0.15) is 0 Å². The molecule has 0 amide bonds. The maximum absolute atomic E-state index is 12.4. The highest BCUT2D eigenvalue weighted by atomic mass is 35.5. The second-order valence-corrected chi connectivity index (χ2v) is 5.84. The van der Waals surface area contributed by atoms with E-state index in [2.05, 4.69) is 9.97 Å². The van der Waals surface area contributed by atoms with Crippen molar-refractivity contribution in [1.29, 1.82) is 0 Å². The average molecular weight is 300 g/mol. The lowest BCUT2D eigenvalue weighted by atomic mass is 10.1. The van der Waals surface area contributed by atoms with Crippen molar-refractivity contribution in [3.63, 3.8) is 0 Å². The first kappa shape index (κ1) is 14.0. The first-order valence-corrected chi connectivity index (χ1v) is 7.12. The van der Waals surface area contributed by atoms with Crippen LogP contribution in [0.2, 0.25) is 5.15 Å². The molecule has 0 radical (unpaired) electrons. The molecule has 0 saturated carbocycles. The third-order valence-corrected chi connectivity index (χ3v) is 4.14. The molecule has 102 valence electrons. The molecule has 0 bridgehead atoms. The topological polar surface area (TPSA) is 67.8 Å². The number of thiazole rings is 1. The lowest BCUT2D eigenvalue weighted by Crippen LogP contribution is -2.40. The fraction of sp³-hybridized carbons (Fsp3) is 0.417. The van der Waals surface area contributed by atoms with E-state index in [0.717, 1.165) is 0 Å². The van der Waals surface area contributed by atoms with Crippen LogP contribution in [0.3, 0.4) is 0 Å². The van der Waals surface area contributed by atoms with Gasteiger partial charge in [-0.3, -0.25) is 14.3 Å². The van der Waals surface area contributed by atoms with Crippen molar-refractivity contribution < 1.29 is 0 Å². The summed E-state index contributed by atoms with van der Waals surface area (Å²) in [6.45, 7) is 5.49. The molecule has 19 heavy (non-hydrogen) atoms. The van der Waals surface area contributed by atoms with Gasteiger partial charge in [-0.05, 0) is 12.8 Å². The van der Waals surface area contributed by atoms with E-state index >= 15 is 0 Å². The molecule has 2 aromatic heterocycles. The molecule has 0 fully saturated rings. The summed E-state index contributed by atoms with van der Waals surface area (Å²) in [6.07, 6.45) is 1.65. The minimum Gasteiger partial charge on any atom is -0.297 e. The lowest BCUT2D eigenvalue weighted by molar-refractivity contribution is 0.564. The highest BCUT2D eigenvalue weighted by molar-refractivity contribution is 7.09. The zero-order chi connectivity index (χ0) is 14.2. The predicted octanol–water partition coefficient (Wildman–Crippen LogP) is 2.38. The molecular weight excluding hydrogens is 286 g/mol. The second kappa shape index (κ2) is 5.30. The van der Waals surface area contributed by atoms with Gasteiger partial charge in [0.2, 0.25) is 0 Å². The molecule has 0 spiro atoms. The first-order valence-electron chi connectivity index (χ1n) is 5.87. The van der Waals surface area contributed by atoms with Crippen molar-refractivity contribution in [2.75, 3.05) is 0 Å². The smallest absolute Gasteiger partial charge is 0.297 e. The Balaban J connectivity index is 2.68. The minimum absolute atomic E-state index is 0.0633. The molecule has 0 aliphatic carbocycles. The van der Waals surface area contributed by atoms with Gasteiger partial charge in [0.05, 0.1) is 11.6 Å². The Bertz CT molecular complexity index is 688. The van der Waals surface area contributed by atoms with Gasteiger partial charge in [-0.1, -0.05) is 25.4 Å². The number of halogens is 1. The SMILES string of the molecule is CC(C)c1c(Cl)[nH]c(=O)n(C(C)c2nccs2)c1=O. The Morgan fingerprint density at radius 2 is 2.05 bits per heavy atom. The predicted molar refractivity (Wildman–Crippen MR) is 76.3 cm³/mol. The number of hydrogen-bond donors (Lipinski definition) is 1. The fourth-order valence-electron chi connectivity index (χ4n) is 1.94. The largest absolute Gasteiger partial charge is 0.330 e. The quantitative estimate of drug-likeness (QED) is 0.885. The van der Waals surface area contributed by atoms with Crippen LogP contribution in [0.15, 0.2) is 21.2 Å².